The average Bonchev–Trinajstić information content (AvgIpc) is 2.51. The predicted molar refractivity (Wildman–Crippen MR) is 79.9 cm³/mol. The van der Waals surface area contributed by atoms with Crippen LogP contribution < -0.4 is 10.1 Å². The quantitative estimate of drug-likeness (QED) is 0.889. The third kappa shape index (κ3) is 5.09. The highest BCUT2D eigenvalue weighted by Gasteiger charge is 2.17. The van der Waals surface area contributed by atoms with E-state index in [1.807, 2.05) is 6.07 Å². The standard InChI is InChI=1S/C16H21N3O2/c1-19-8-2-3-14(11-19)10-18-16(20)12-21-15-6-4-13(9-17)5-7-15/h4-7,14H,2-3,8,10-12H2,1H3,(H,18,20). The maximum absolute atomic E-state index is 11.8. The Hall–Kier alpha value is -2.06. The van der Waals surface area contributed by atoms with Gasteiger partial charge in [0.05, 0.1) is 11.6 Å². The van der Waals surface area contributed by atoms with E-state index in [4.69, 9.17) is 10.00 Å². The molecule has 112 valence electrons. The molecule has 0 spiro atoms. The number of piperidine rings is 1. The topological polar surface area (TPSA) is 65.4 Å². The molecule has 1 heterocycles. The van der Waals surface area contributed by atoms with Gasteiger partial charge < -0.3 is 15.0 Å². The van der Waals surface area contributed by atoms with Crippen LogP contribution in [0.3, 0.4) is 0 Å². The highest BCUT2D eigenvalue weighted by Crippen LogP contribution is 2.14. The van der Waals surface area contributed by atoms with E-state index in [0.29, 0.717) is 23.8 Å². The number of benzene rings is 1. The number of carbonyl (C=O) groups is 1. The molecule has 2 rings (SSSR count). The van der Waals surface area contributed by atoms with Crippen molar-refractivity contribution in [3.8, 4) is 11.8 Å². The first-order chi connectivity index (χ1) is 10.2. The molecule has 0 aromatic heterocycles. The molecule has 1 N–H and O–H groups in total. The van der Waals surface area contributed by atoms with E-state index in [1.54, 1.807) is 24.3 Å². The lowest BCUT2D eigenvalue weighted by Gasteiger charge is -2.29. The summed E-state index contributed by atoms with van der Waals surface area (Å²) in [7, 11) is 2.11. The van der Waals surface area contributed by atoms with Gasteiger partial charge in [0.1, 0.15) is 5.75 Å². The maximum Gasteiger partial charge on any atom is 0.257 e. The highest BCUT2D eigenvalue weighted by molar-refractivity contribution is 5.77. The summed E-state index contributed by atoms with van der Waals surface area (Å²) in [5, 5.41) is 11.6. The lowest BCUT2D eigenvalue weighted by atomic mass is 9.98. The Kier molecular flexibility index (Phi) is 5.59. The van der Waals surface area contributed by atoms with Gasteiger partial charge in [0.25, 0.3) is 5.91 Å². The highest BCUT2D eigenvalue weighted by atomic mass is 16.5. The van der Waals surface area contributed by atoms with Crippen LogP contribution in [0.2, 0.25) is 0 Å². The predicted octanol–water partition coefficient (Wildman–Crippen LogP) is 1.40. The van der Waals surface area contributed by atoms with Crippen molar-refractivity contribution in [3.05, 3.63) is 29.8 Å². The van der Waals surface area contributed by atoms with Gasteiger partial charge in [-0.3, -0.25) is 4.79 Å². The number of nitrogens with zero attached hydrogens (tertiary/aromatic N) is 2. The Morgan fingerprint density at radius 3 is 2.90 bits per heavy atom. The van der Waals surface area contributed by atoms with Crippen LogP contribution in [0.25, 0.3) is 0 Å². The zero-order valence-electron chi connectivity index (χ0n) is 12.3. The Bertz CT molecular complexity index is 507. The SMILES string of the molecule is CN1CCCC(CNC(=O)COc2ccc(C#N)cc2)C1. The Morgan fingerprint density at radius 2 is 2.24 bits per heavy atom. The van der Waals surface area contributed by atoms with Crippen LogP contribution in [-0.4, -0.2) is 44.1 Å². The van der Waals surface area contributed by atoms with Crippen LogP contribution in [-0.2, 0) is 4.79 Å². The zero-order chi connectivity index (χ0) is 15.1. The molecule has 21 heavy (non-hydrogen) atoms. The van der Waals surface area contributed by atoms with Gasteiger partial charge in [-0.05, 0) is 56.6 Å². The third-order valence-corrected chi connectivity index (χ3v) is 3.66. The van der Waals surface area contributed by atoms with Crippen molar-refractivity contribution >= 4 is 5.91 Å². The molecule has 0 bridgehead atoms. The monoisotopic (exact) mass is 287 g/mol. The van der Waals surface area contributed by atoms with E-state index in [1.165, 1.54) is 12.8 Å². The van der Waals surface area contributed by atoms with Crippen LogP contribution >= 0.6 is 0 Å². The molecule has 1 fully saturated rings. The number of rotatable bonds is 5. The molecule has 1 aliphatic rings. The molecule has 1 aromatic carbocycles. The van der Waals surface area contributed by atoms with E-state index in [2.05, 4.69) is 17.3 Å². The first kappa shape index (κ1) is 15.3. The van der Waals surface area contributed by atoms with Crippen molar-refractivity contribution in [2.24, 2.45) is 5.92 Å². The Balaban J connectivity index is 1.68. The molecule has 0 saturated carbocycles. The lowest BCUT2D eigenvalue weighted by Crippen LogP contribution is -2.40. The number of ether oxygens (including phenoxy) is 1. The molecule has 1 unspecified atom stereocenters. The van der Waals surface area contributed by atoms with Gasteiger partial charge in [0, 0.05) is 13.1 Å². The summed E-state index contributed by atoms with van der Waals surface area (Å²) in [6.45, 7) is 2.90. The number of hydrogen-bond acceptors (Lipinski definition) is 4. The normalized spacial score (nSPS) is 18.8. The lowest BCUT2D eigenvalue weighted by molar-refractivity contribution is -0.123. The summed E-state index contributed by atoms with van der Waals surface area (Å²) in [4.78, 5) is 14.1. The summed E-state index contributed by atoms with van der Waals surface area (Å²) in [6.07, 6.45) is 2.36. The van der Waals surface area contributed by atoms with Crippen molar-refractivity contribution in [2.45, 2.75) is 12.8 Å². The van der Waals surface area contributed by atoms with Crippen LogP contribution in [0.5, 0.6) is 5.75 Å². The molecular formula is C16H21N3O2. The van der Waals surface area contributed by atoms with Crippen molar-refractivity contribution in [1.29, 1.82) is 5.26 Å². The summed E-state index contributed by atoms with van der Waals surface area (Å²) < 4.78 is 5.40. The van der Waals surface area contributed by atoms with Crippen LogP contribution in [0.15, 0.2) is 24.3 Å². The molecule has 0 aliphatic carbocycles. The van der Waals surface area contributed by atoms with E-state index >= 15 is 0 Å². The number of hydrogen-bond donors (Lipinski definition) is 1. The molecule has 1 atom stereocenters. The van der Waals surface area contributed by atoms with Gasteiger partial charge >= 0.3 is 0 Å². The van der Waals surface area contributed by atoms with Gasteiger partial charge in [-0.15, -0.1) is 0 Å². The second-order valence-corrected chi connectivity index (χ2v) is 5.50. The van der Waals surface area contributed by atoms with Gasteiger partial charge in [0.2, 0.25) is 0 Å². The fourth-order valence-corrected chi connectivity index (χ4v) is 2.52. The van der Waals surface area contributed by atoms with Crippen LogP contribution in [0.4, 0.5) is 0 Å². The second kappa shape index (κ2) is 7.65. The van der Waals surface area contributed by atoms with Crippen LogP contribution in [0, 0.1) is 17.2 Å². The van der Waals surface area contributed by atoms with E-state index < -0.39 is 0 Å². The first-order valence-electron chi connectivity index (χ1n) is 7.25. The fourth-order valence-electron chi connectivity index (χ4n) is 2.52. The number of likely N-dealkylation sites (tertiary alicyclic amines) is 1. The number of carbonyl (C=O) groups excluding carboxylic acids is 1. The summed E-state index contributed by atoms with van der Waals surface area (Å²) in [6, 6.07) is 8.78. The largest absolute Gasteiger partial charge is 0.484 e. The van der Waals surface area contributed by atoms with Gasteiger partial charge in [-0.1, -0.05) is 0 Å². The number of amides is 1. The van der Waals surface area contributed by atoms with E-state index in [9.17, 15) is 4.79 Å². The molecule has 5 heteroatoms. The molecular weight excluding hydrogens is 266 g/mol. The molecule has 1 saturated heterocycles. The maximum atomic E-state index is 11.8. The summed E-state index contributed by atoms with van der Waals surface area (Å²) in [5.74, 6) is 1.02. The summed E-state index contributed by atoms with van der Waals surface area (Å²) in [5.41, 5.74) is 0.577. The minimum Gasteiger partial charge on any atom is -0.484 e. The Morgan fingerprint density at radius 1 is 1.48 bits per heavy atom. The molecule has 1 aromatic rings. The van der Waals surface area contributed by atoms with Crippen molar-refractivity contribution in [2.75, 3.05) is 33.3 Å². The number of nitrogens with one attached hydrogen (secondary N) is 1. The fraction of sp³-hybridized carbons (Fsp3) is 0.500. The molecule has 1 amide bonds. The number of nitriles is 1. The average molecular weight is 287 g/mol. The van der Waals surface area contributed by atoms with Crippen LogP contribution in [0.1, 0.15) is 18.4 Å². The van der Waals surface area contributed by atoms with E-state index in [0.717, 1.165) is 13.1 Å². The molecule has 1 aliphatic heterocycles. The molecule has 0 radical (unpaired) electrons. The smallest absolute Gasteiger partial charge is 0.257 e. The van der Waals surface area contributed by atoms with Gasteiger partial charge in [-0.2, -0.15) is 5.26 Å². The van der Waals surface area contributed by atoms with E-state index in [-0.39, 0.29) is 12.5 Å². The van der Waals surface area contributed by atoms with Crippen molar-refractivity contribution < 1.29 is 9.53 Å². The third-order valence-electron chi connectivity index (χ3n) is 3.66. The molecule has 5 nitrogen and oxygen atoms in total. The summed E-state index contributed by atoms with van der Waals surface area (Å²) >= 11 is 0. The van der Waals surface area contributed by atoms with Crippen molar-refractivity contribution in [1.82, 2.24) is 10.2 Å². The zero-order valence-corrected chi connectivity index (χ0v) is 12.3. The van der Waals surface area contributed by atoms with Gasteiger partial charge in [-0.25, -0.2) is 0 Å². The minimum atomic E-state index is -0.104. The minimum absolute atomic E-state index is 0.00839. The van der Waals surface area contributed by atoms with Crippen molar-refractivity contribution in [3.63, 3.8) is 0 Å². The first-order valence-corrected chi connectivity index (χ1v) is 7.25. The Labute approximate surface area is 125 Å². The van der Waals surface area contributed by atoms with Gasteiger partial charge in [0.15, 0.2) is 6.61 Å². The second-order valence-electron chi connectivity index (χ2n) is 5.50.